The molecule has 0 radical (unpaired) electrons. The molecule has 0 saturated heterocycles. The summed E-state index contributed by atoms with van der Waals surface area (Å²) in [4.78, 5) is 3.68. The minimum Gasteiger partial charge on any atom is -0.388 e. The molecule has 0 saturated carbocycles. The van der Waals surface area contributed by atoms with Crippen molar-refractivity contribution in [3.05, 3.63) is 48.2 Å². The van der Waals surface area contributed by atoms with Crippen LogP contribution in [0.4, 0.5) is 13.2 Å². The van der Waals surface area contributed by atoms with Crippen molar-refractivity contribution in [2.24, 2.45) is 0 Å². The van der Waals surface area contributed by atoms with Crippen molar-refractivity contribution in [1.29, 1.82) is 0 Å². The second kappa shape index (κ2) is 7.29. The molecule has 0 unspecified atom stereocenters. The van der Waals surface area contributed by atoms with E-state index in [-0.39, 0.29) is 0 Å². The topological polar surface area (TPSA) is 22.1 Å². The number of nitrogens with zero attached hydrogens (tertiary/aromatic N) is 1. The van der Waals surface area contributed by atoms with Gasteiger partial charge in [-0.15, -0.1) is 13.2 Å². The highest BCUT2D eigenvalue weighted by Crippen LogP contribution is 2.24. The standard InChI is InChI=1S/C17H18F3NO/c1-2-3-4-5-13-6-8-14(9-7-13)15-10-11-16(21-12-15)22-17(18,19)20/h6-12H,2-5H2,1H3. The second-order valence-corrected chi connectivity index (χ2v) is 5.09. The van der Waals surface area contributed by atoms with Gasteiger partial charge in [0.2, 0.25) is 5.88 Å². The van der Waals surface area contributed by atoms with E-state index in [1.807, 2.05) is 24.3 Å². The van der Waals surface area contributed by atoms with E-state index >= 15 is 0 Å². The Bertz CT molecular complexity index is 576. The summed E-state index contributed by atoms with van der Waals surface area (Å²) < 4.78 is 40.0. The third kappa shape index (κ3) is 5.06. The zero-order chi connectivity index (χ0) is 16.0. The van der Waals surface area contributed by atoms with Gasteiger partial charge in [0.1, 0.15) is 0 Å². The van der Waals surface area contributed by atoms with E-state index in [1.165, 1.54) is 37.1 Å². The molecule has 1 aromatic heterocycles. The highest BCUT2D eigenvalue weighted by atomic mass is 19.4. The molecule has 2 nitrogen and oxygen atoms in total. The van der Waals surface area contributed by atoms with Gasteiger partial charge in [-0.1, -0.05) is 44.0 Å². The Labute approximate surface area is 128 Å². The van der Waals surface area contributed by atoms with Crippen LogP contribution >= 0.6 is 0 Å². The van der Waals surface area contributed by atoms with Crippen LogP contribution in [-0.4, -0.2) is 11.3 Å². The fraction of sp³-hybridized carbons (Fsp3) is 0.353. The van der Waals surface area contributed by atoms with E-state index < -0.39 is 12.2 Å². The van der Waals surface area contributed by atoms with E-state index in [0.717, 1.165) is 17.5 Å². The van der Waals surface area contributed by atoms with Gasteiger partial charge >= 0.3 is 6.36 Å². The van der Waals surface area contributed by atoms with Gasteiger partial charge in [-0.3, -0.25) is 0 Å². The fourth-order valence-corrected chi connectivity index (χ4v) is 2.17. The Morgan fingerprint density at radius 1 is 0.955 bits per heavy atom. The first-order chi connectivity index (χ1) is 10.5. The van der Waals surface area contributed by atoms with Gasteiger partial charge in [0.25, 0.3) is 0 Å². The number of hydrogen-bond donors (Lipinski definition) is 0. The third-order valence-corrected chi connectivity index (χ3v) is 3.31. The SMILES string of the molecule is CCCCCc1ccc(-c2ccc(OC(F)(F)F)nc2)cc1. The van der Waals surface area contributed by atoms with Crippen LogP contribution in [0.5, 0.6) is 5.88 Å². The average Bonchev–Trinajstić information content (AvgIpc) is 2.48. The van der Waals surface area contributed by atoms with Gasteiger partial charge < -0.3 is 4.74 Å². The highest BCUT2D eigenvalue weighted by Gasteiger charge is 2.31. The Hall–Kier alpha value is -2.04. The quantitative estimate of drug-likeness (QED) is 0.668. The lowest BCUT2D eigenvalue weighted by Crippen LogP contribution is -2.17. The Morgan fingerprint density at radius 3 is 2.18 bits per heavy atom. The number of ether oxygens (including phenoxy) is 1. The summed E-state index contributed by atoms with van der Waals surface area (Å²) >= 11 is 0. The molecule has 0 bridgehead atoms. The molecule has 0 aliphatic heterocycles. The molecule has 0 aliphatic rings. The summed E-state index contributed by atoms with van der Waals surface area (Å²) in [6, 6.07) is 10.8. The smallest absolute Gasteiger partial charge is 0.388 e. The van der Waals surface area contributed by atoms with E-state index in [1.54, 1.807) is 6.07 Å². The summed E-state index contributed by atoms with van der Waals surface area (Å²) in [5.41, 5.74) is 2.95. The summed E-state index contributed by atoms with van der Waals surface area (Å²) in [5.74, 6) is -0.451. The van der Waals surface area contributed by atoms with Crippen molar-refractivity contribution in [3.8, 4) is 17.0 Å². The number of hydrogen-bond acceptors (Lipinski definition) is 2. The lowest BCUT2D eigenvalue weighted by Gasteiger charge is -2.08. The van der Waals surface area contributed by atoms with Crippen LogP contribution in [0.25, 0.3) is 11.1 Å². The van der Waals surface area contributed by atoms with Crippen molar-refractivity contribution >= 4 is 0 Å². The number of rotatable bonds is 6. The minimum absolute atomic E-state index is 0.451. The molecule has 5 heteroatoms. The van der Waals surface area contributed by atoms with Gasteiger partial charge in [0.05, 0.1) is 0 Å². The van der Waals surface area contributed by atoms with Crippen molar-refractivity contribution in [2.75, 3.05) is 0 Å². The number of benzene rings is 1. The van der Waals surface area contributed by atoms with Crippen LogP contribution < -0.4 is 4.74 Å². The molecule has 0 fully saturated rings. The van der Waals surface area contributed by atoms with Crippen molar-refractivity contribution in [2.45, 2.75) is 39.0 Å². The number of aryl methyl sites for hydroxylation is 1. The maximum atomic E-state index is 12.1. The number of alkyl halides is 3. The summed E-state index contributed by atoms with van der Waals surface area (Å²) in [5, 5.41) is 0. The van der Waals surface area contributed by atoms with Crippen molar-refractivity contribution in [1.82, 2.24) is 4.98 Å². The molecule has 2 rings (SSSR count). The first-order valence-electron chi connectivity index (χ1n) is 7.29. The normalized spacial score (nSPS) is 11.5. The van der Waals surface area contributed by atoms with Crippen LogP contribution in [-0.2, 0) is 6.42 Å². The van der Waals surface area contributed by atoms with E-state index in [4.69, 9.17) is 0 Å². The Morgan fingerprint density at radius 2 is 1.64 bits per heavy atom. The summed E-state index contributed by atoms with van der Waals surface area (Å²) in [6.45, 7) is 2.17. The van der Waals surface area contributed by atoms with Gasteiger partial charge in [0, 0.05) is 17.8 Å². The maximum Gasteiger partial charge on any atom is 0.574 e. The monoisotopic (exact) mass is 309 g/mol. The minimum atomic E-state index is -4.71. The maximum absolute atomic E-state index is 12.1. The summed E-state index contributed by atoms with van der Waals surface area (Å²) in [7, 11) is 0. The molecule has 0 amide bonds. The average molecular weight is 309 g/mol. The number of halogens is 3. The largest absolute Gasteiger partial charge is 0.574 e. The molecule has 1 heterocycles. The van der Waals surface area contributed by atoms with Crippen LogP contribution in [0.15, 0.2) is 42.6 Å². The Balaban J connectivity index is 2.02. The molecule has 0 aliphatic carbocycles. The molecule has 2 aromatic rings. The molecule has 22 heavy (non-hydrogen) atoms. The zero-order valence-electron chi connectivity index (χ0n) is 12.4. The van der Waals surface area contributed by atoms with E-state index in [9.17, 15) is 13.2 Å². The van der Waals surface area contributed by atoms with Crippen LogP contribution in [0.1, 0.15) is 31.7 Å². The Kier molecular flexibility index (Phi) is 5.41. The second-order valence-electron chi connectivity index (χ2n) is 5.09. The van der Waals surface area contributed by atoms with Crippen LogP contribution in [0.2, 0.25) is 0 Å². The zero-order valence-corrected chi connectivity index (χ0v) is 12.4. The number of pyridine rings is 1. The predicted octanol–water partition coefficient (Wildman–Crippen LogP) is 5.38. The fourth-order valence-electron chi connectivity index (χ4n) is 2.17. The molecular weight excluding hydrogens is 291 g/mol. The van der Waals surface area contributed by atoms with Gasteiger partial charge in [0.15, 0.2) is 0 Å². The molecule has 0 spiro atoms. The van der Waals surface area contributed by atoms with Crippen LogP contribution in [0.3, 0.4) is 0 Å². The predicted molar refractivity (Wildman–Crippen MR) is 79.6 cm³/mol. The lowest BCUT2D eigenvalue weighted by atomic mass is 10.0. The number of aromatic nitrogens is 1. The van der Waals surface area contributed by atoms with Gasteiger partial charge in [-0.05, 0) is 30.0 Å². The molecule has 0 N–H and O–H groups in total. The molecule has 1 aromatic carbocycles. The molecule has 0 atom stereocenters. The van der Waals surface area contributed by atoms with Gasteiger partial charge in [-0.2, -0.15) is 0 Å². The number of unbranched alkanes of at least 4 members (excludes halogenated alkanes) is 2. The van der Waals surface area contributed by atoms with E-state index in [0.29, 0.717) is 0 Å². The van der Waals surface area contributed by atoms with Gasteiger partial charge in [-0.25, -0.2) is 4.98 Å². The molecular formula is C17H18F3NO. The highest BCUT2D eigenvalue weighted by molar-refractivity contribution is 5.62. The first kappa shape index (κ1) is 16.3. The van der Waals surface area contributed by atoms with Crippen molar-refractivity contribution < 1.29 is 17.9 Å². The van der Waals surface area contributed by atoms with Crippen LogP contribution in [0, 0.1) is 0 Å². The third-order valence-electron chi connectivity index (χ3n) is 3.31. The summed E-state index contributed by atoms with van der Waals surface area (Å²) in [6.07, 6.45) is 1.29. The first-order valence-corrected chi connectivity index (χ1v) is 7.29. The molecule has 118 valence electrons. The van der Waals surface area contributed by atoms with E-state index in [2.05, 4.69) is 16.6 Å². The lowest BCUT2D eigenvalue weighted by molar-refractivity contribution is -0.276. The van der Waals surface area contributed by atoms with Crippen molar-refractivity contribution in [3.63, 3.8) is 0 Å².